The van der Waals surface area contributed by atoms with Crippen LogP contribution >= 0.6 is 11.8 Å². The number of nitrogens with zero attached hydrogens (tertiary/aromatic N) is 3. The number of carbonyl (C=O) groups is 1. The minimum Gasteiger partial charge on any atom is -0.325 e. The molecule has 7 heteroatoms. The summed E-state index contributed by atoms with van der Waals surface area (Å²) >= 11 is 1.32. The van der Waals surface area contributed by atoms with Crippen molar-refractivity contribution in [2.45, 2.75) is 17.3 Å². The van der Waals surface area contributed by atoms with Gasteiger partial charge in [0.25, 0.3) is 0 Å². The van der Waals surface area contributed by atoms with Crippen LogP contribution in [0.15, 0.2) is 59.9 Å². The van der Waals surface area contributed by atoms with Crippen LogP contribution in [-0.4, -0.2) is 31.3 Å². The quantitative estimate of drug-likeness (QED) is 0.705. The van der Waals surface area contributed by atoms with E-state index in [4.69, 9.17) is 0 Å². The van der Waals surface area contributed by atoms with Crippen molar-refractivity contribution in [2.75, 3.05) is 5.32 Å². The van der Waals surface area contributed by atoms with Gasteiger partial charge in [0, 0.05) is 11.9 Å². The minimum atomic E-state index is -0.306. The molecule has 2 aromatic heterocycles. The van der Waals surface area contributed by atoms with Gasteiger partial charge < -0.3 is 10.3 Å². The Balaban J connectivity index is 1.63. The number of carbonyl (C=O) groups excluding carboxylic acids is 1. The fourth-order valence-electron chi connectivity index (χ4n) is 1.90. The van der Waals surface area contributed by atoms with Crippen LogP contribution in [-0.2, 0) is 4.79 Å². The Labute approximate surface area is 137 Å². The van der Waals surface area contributed by atoms with E-state index in [1.165, 1.54) is 11.8 Å². The molecule has 3 rings (SSSR count). The van der Waals surface area contributed by atoms with Crippen molar-refractivity contribution in [3.63, 3.8) is 0 Å². The number of anilines is 1. The van der Waals surface area contributed by atoms with E-state index < -0.39 is 0 Å². The Bertz CT molecular complexity index is 775. The number of rotatable bonds is 5. The summed E-state index contributed by atoms with van der Waals surface area (Å²) in [6.07, 6.45) is 1.70. The smallest absolute Gasteiger partial charge is 0.237 e. The summed E-state index contributed by atoms with van der Waals surface area (Å²) in [5.41, 5.74) is 1.49. The SMILES string of the molecule is CC(Sc1nnc(-c2ccccn2)[nH]1)C(=O)Nc1ccccc1. The molecule has 0 saturated heterocycles. The van der Waals surface area contributed by atoms with Crippen LogP contribution in [0, 0.1) is 0 Å². The lowest BCUT2D eigenvalue weighted by Crippen LogP contribution is -2.22. The fourth-order valence-corrected chi connectivity index (χ4v) is 2.65. The second kappa shape index (κ2) is 7.06. The van der Waals surface area contributed by atoms with Crippen LogP contribution in [0.5, 0.6) is 0 Å². The topological polar surface area (TPSA) is 83.6 Å². The number of thioether (sulfide) groups is 1. The number of amides is 1. The summed E-state index contributed by atoms with van der Waals surface area (Å²) in [5.74, 6) is 0.501. The number of nitrogens with one attached hydrogen (secondary N) is 2. The van der Waals surface area contributed by atoms with Crippen molar-refractivity contribution in [2.24, 2.45) is 0 Å². The summed E-state index contributed by atoms with van der Waals surface area (Å²) in [5, 5.41) is 11.3. The van der Waals surface area contributed by atoms with Gasteiger partial charge in [0.15, 0.2) is 11.0 Å². The first kappa shape index (κ1) is 15.2. The number of para-hydroxylation sites is 1. The molecule has 0 spiro atoms. The highest BCUT2D eigenvalue weighted by atomic mass is 32.2. The Morgan fingerprint density at radius 3 is 2.65 bits per heavy atom. The first-order chi connectivity index (χ1) is 11.2. The van der Waals surface area contributed by atoms with Gasteiger partial charge in [-0.2, -0.15) is 0 Å². The van der Waals surface area contributed by atoms with Crippen LogP contribution in [0.1, 0.15) is 6.92 Å². The Kier molecular flexibility index (Phi) is 4.68. The minimum absolute atomic E-state index is 0.0861. The van der Waals surface area contributed by atoms with Crippen molar-refractivity contribution in [3.05, 3.63) is 54.7 Å². The standard InChI is InChI=1S/C16H15N5OS/c1-11(15(22)18-12-7-3-2-4-8-12)23-16-19-14(20-21-16)13-9-5-6-10-17-13/h2-11H,1H3,(H,18,22)(H,19,20,21). The molecule has 0 radical (unpaired) electrons. The van der Waals surface area contributed by atoms with Gasteiger partial charge in [-0.25, -0.2) is 0 Å². The maximum absolute atomic E-state index is 12.2. The monoisotopic (exact) mass is 325 g/mol. The third kappa shape index (κ3) is 3.95. The predicted octanol–water partition coefficient (Wildman–Crippen LogP) is 2.99. The summed E-state index contributed by atoms with van der Waals surface area (Å²) in [6.45, 7) is 1.83. The van der Waals surface area contributed by atoms with Gasteiger partial charge in [0.05, 0.1) is 5.25 Å². The largest absolute Gasteiger partial charge is 0.325 e. The molecule has 1 amide bonds. The van der Waals surface area contributed by atoms with E-state index in [1.54, 1.807) is 6.20 Å². The molecule has 0 aliphatic heterocycles. The predicted molar refractivity (Wildman–Crippen MR) is 90.0 cm³/mol. The van der Waals surface area contributed by atoms with Gasteiger partial charge >= 0.3 is 0 Å². The van der Waals surface area contributed by atoms with Crippen LogP contribution in [0.25, 0.3) is 11.5 Å². The van der Waals surface area contributed by atoms with Crippen LogP contribution in [0.3, 0.4) is 0 Å². The Hall–Kier alpha value is -2.67. The number of H-pyrrole nitrogens is 1. The number of aromatic amines is 1. The van der Waals surface area contributed by atoms with Gasteiger partial charge in [-0.15, -0.1) is 10.2 Å². The van der Waals surface area contributed by atoms with Crippen LogP contribution < -0.4 is 5.32 Å². The molecule has 1 aromatic carbocycles. The highest BCUT2D eigenvalue weighted by molar-refractivity contribution is 8.00. The molecule has 2 N–H and O–H groups in total. The number of aromatic nitrogens is 4. The van der Waals surface area contributed by atoms with Gasteiger partial charge in [-0.3, -0.25) is 9.78 Å². The van der Waals surface area contributed by atoms with Crippen molar-refractivity contribution in [3.8, 4) is 11.5 Å². The van der Waals surface area contributed by atoms with E-state index in [1.807, 2.05) is 55.5 Å². The summed E-state index contributed by atoms with van der Waals surface area (Å²) in [7, 11) is 0. The van der Waals surface area contributed by atoms with Crippen LogP contribution in [0.2, 0.25) is 0 Å². The molecule has 1 unspecified atom stereocenters. The zero-order valence-corrected chi connectivity index (χ0v) is 13.2. The molecule has 0 saturated carbocycles. The third-order valence-corrected chi connectivity index (χ3v) is 4.05. The van der Waals surface area contributed by atoms with Crippen molar-refractivity contribution >= 4 is 23.4 Å². The van der Waals surface area contributed by atoms with E-state index in [9.17, 15) is 4.79 Å². The van der Waals surface area contributed by atoms with Gasteiger partial charge in [-0.1, -0.05) is 36.0 Å². The fraction of sp³-hybridized carbons (Fsp3) is 0.125. The van der Waals surface area contributed by atoms with Gasteiger partial charge in [0.1, 0.15) is 5.69 Å². The second-order valence-electron chi connectivity index (χ2n) is 4.81. The lowest BCUT2D eigenvalue weighted by Gasteiger charge is -2.10. The number of pyridine rings is 1. The maximum Gasteiger partial charge on any atom is 0.237 e. The molecule has 116 valence electrons. The maximum atomic E-state index is 12.2. The van der Waals surface area contributed by atoms with Crippen molar-refractivity contribution < 1.29 is 4.79 Å². The first-order valence-corrected chi connectivity index (χ1v) is 7.97. The summed E-state index contributed by atoms with van der Waals surface area (Å²) < 4.78 is 0. The Morgan fingerprint density at radius 1 is 1.13 bits per heavy atom. The lowest BCUT2D eigenvalue weighted by atomic mass is 10.3. The molecule has 0 aliphatic rings. The molecule has 0 aliphatic carbocycles. The molecular formula is C16H15N5OS. The first-order valence-electron chi connectivity index (χ1n) is 7.09. The molecular weight excluding hydrogens is 310 g/mol. The van der Waals surface area contributed by atoms with E-state index in [2.05, 4.69) is 25.5 Å². The average molecular weight is 325 g/mol. The number of hydrogen-bond donors (Lipinski definition) is 2. The summed E-state index contributed by atoms with van der Waals surface area (Å²) in [6, 6.07) is 14.9. The molecule has 0 bridgehead atoms. The Morgan fingerprint density at radius 2 is 1.91 bits per heavy atom. The molecule has 1 atom stereocenters. The zero-order valence-electron chi connectivity index (χ0n) is 12.4. The summed E-state index contributed by atoms with van der Waals surface area (Å²) in [4.78, 5) is 19.5. The van der Waals surface area contributed by atoms with Crippen molar-refractivity contribution in [1.29, 1.82) is 0 Å². The molecule has 23 heavy (non-hydrogen) atoms. The normalized spacial score (nSPS) is 11.9. The average Bonchev–Trinajstić information content (AvgIpc) is 3.05. The number of benzene rings is 1. The number of hydrogen-bond acceptors (Lipinski definition) is 5. The van der Waals surface area contributed by atoms with Crippen molar-refractivity contribution in [1.82, 2.24) is 20.2 Å². The third-order valence-electron chi connectivity index (χ3n) is 3.07. The molecule has 3 aromatic rings. The molecule has 0 fully saturated rings. The zero-order chi connectivity index (χ0) is 16.1. The second-order valence-corrected chi connectivity index (χ2v) is 6.14. The molecule has 2 heterocycles. The highest BCUT2D eigenvalue weighted by Crippen LogP contribution is 2.22. The van der Waals surface area contributed by atoms with Gasteiger partial charge in [0.2, 0.25) is 5.91 Å². The highest BCUT2D eigenvalue weighted by Gasteiger charge is 2.17. The van der Waals surface area contributed by atoms with Gasteiger partial charge in [-0.05, 0) is 31.2 Å². The lowest BCUT2D eigenvalue weighted by molar-refractivity contribution is -0.115. The van der Waals surface area contributed by atoms with E-state index in [0.29, 0.717) is 16.7 Å². The van der Waals surface area contributed by atoms with E-state index in [0.717, 1.165) is 5.69 Å². The van der Waals surface area contributed by atoms with E-state index >= 15 is 0 Å². The van der Waals surface area contributed by atoms with E-state index in [-0.39, 0.29) is 11.2 Å². The van der Waals surface area contributed by atoms with Crippen LogP contribution in [0.4, 0.5) is 5.69 Å². The molecule has 6 nitrogen and oxygen atoms in total.